The molecule has 1 amide bonds. The van der Waals surface area contributed by atoms with E-state index in [-0.39, 0.29) is 11.3 Å². The van der Waals surface area contributed by atoms with E-state index < -0.39 is 23.1 Å². The number of aromatic nitrogens is 1. The molecule has 0 aliphatic carbocycles. The molecule has 2 aromatic rings. The minimum absolute atomic E-state index is 0.00463. The van der Waals surface area contributed by atoms with Gasteiger partial charge in [-0.1, -0.05) is 6.08 Å². The van der Waals surface area contributed by atoms with Crippen molar-refractivity contribution in [2.75, 3.05) is 11.9 Å². The van der Waals surface area contributed by atoms with E-state index >= 15 is 0 Å². The molecule has 5 nitrogen and oxygen atoms in total. The number of halogens is 2. The molecule has 0 atom stereocenters. The normalized spacial score (nSPS) is 13.2. The third kappa shape index (κ3) is 3.40. The number of H-pyrrole nitrogens is 1. The van der Waals surface area contributed by atoms with Crippen LogP contribution < -0.4 is 16.2 Å². The summed E-state index contributed by atoms with van der Waals surface area (Å²) < 4.78 is 26.4. The monoisotopic (exact) mass is 329 g/mol. The molecule has 1 aromatic heterocycles. The van der Waals surface area contributed by atoms with Gasteiger partial charge in [0.05, 0.1) is 0 Å². The van der Waals surface area contributed by atoms with Gasteiger partial charge in [-0.05, 0) is 41.6 Å². The van der Waals surface area contributed by atoms with Gasteiger partial charge in [0.1, 0.15) is 17.3 Å². The molecule has 3 rings (SSSR count). The van der Waals surface area contributed by atoms with Gasteiger partial charge in [-0.2, -0.15) is 0 Å². The molecule has 0 radical (unpaired) electrons. The summed E-state index contributed by atoms with van der Waals surface area (Å²) in [4.78, 5) is 26.5. The largest absolute Gasteiger partial charge is 0.387 e. The SMILES string of the molecule is O=C(Nc1cc(C2=CCNC=C2)c[nH]c1=O)c1cc(F)cc(F)c1. The topological polar surface area (TPSA) is 74.0 Å². The summed E-state index contributed by atoms with van der Waals surface area (Å²) in [6.07, 6.45) is 7.04. The summed E-state index contributed by atoms with van der Waals surface area (Å²) in [7, 11) is 0. The fourth-order valence-electron chi connectivity index (χ4n) is 2.29. The van der Waals surface area contributed by atoms with Crippen LogP contribution in [0.1, 0.15) is 15.9 Å². The van der Waals surface area contributed by atoms with E-state index in [1.165, 1.54) is 12.3 Å². The summed E-state index contributed by atoms with van der Waals surface area (Å²) in [5.41, 5.74) is 0.848. The van der Waals surface area contributed by atoms with Crippen molar-refractivity contribution in [3.8, 4) is 0 Å². The number of hydrogen-bond donors (Lipinski definition) is 3. The van der Waals surface area contributed by atoms with Gasteiger partial charge < -0.3 is 15.6 Å². The van der Waals surface area contributed by atoms with Crippen molar-refractivity contribution in [1.29, 1.82) is 0 Å². The summed E-state index contributed by atoms with van der Waals surface area (Å²) >= 11 is 0. The van der Waals surface area contributed by atoms with Crippen molar-refractivity contribution in [3.63, 3.8) is 0 Å². The molecule has 2 heterocycles. The standard InChI is InChI=1S/C17H13F2N3O2/c18-13-5-11(6-14(19)8-13)16(23)22-15-7-12(9-21-17(15)24)10-1-3-20-4-2-10/h1-3,5-9,20H,4H2,(H,21,24)(H,22,23). The number of allylic oxidation sites excluding steroid dienone is 2. The number of nitrogens with one attached hydrogen (secondary N) is 3. The van der Waals surface area contributed by atoms with E-state index in [9.17, 15) is 18.4 Å². The Morgan fingerprint density at radius 3 is 2.54 bits per heavy atom. The number of amides is 1. The first-order valence-electron chi connectivity index (χ1n) is 7.13. The number of aromatic amines is 1. The van der Waals surface area contributed by atoms with Crippen molar-refractivity contribution in [1.82, 2.24) is 10.3 Å². The van der Waals surface area contributed by atoms with Crippen LogP contribution in [0.3, 0.4) is 0 Å². The third-order valence-electron chi connectivity index (χ3n) is 3.43. The van der Waals surface area contributed by atoms with Crippen molar-refractivity contribution >= 4 is 17.2 Å². The quantitative estimate of drug-likeness (QED) is 0.809. The second-order valence-corrected chi connectivity index (χ2v) is 5.14. The van der Waals surface area contributed by atoms with Gasteiger partial charge in [0.2, 0.25) is 0 Å². The molecule has 0 saturated heterocycles. The van der Waals surface area contributed by atoms with Gasteiger partial charge in [-0.15, -0.1) is 0 Å². The first-order chi connectivity index (χ1) is 11.5. The Bertz CT molecular complexity index is 896. The van der Waals surface area contributed by atoms with E-state index in [1.807, 2.05) is 12.2 Å². The number of hydrogen-bond acceptors (Lipinski definition) is 3. The zero-order chi connectivity index (χ0) is 17.1. The second-order valence-electron chi connectivity index (χ2n) is 5.14. The molecular formula is C17H13F2N3O2. The number of carbonyl (C=O) groups is 1. The van der Waals surface area contributed by atoms with Crippen molar-refractivity contribution < 1.29 is 13.6 Å². The highest BCUT2D eigenvalue weighted by atomic mass is 19.1. The van der Waals surface area contributed by atoms with Crippen LogP contribution >= 0.6 is 0 Å². The van der Waals surface area contributed by atoms with E-state index in [1.54, 1.807) is 6.20 Å². The van der Waals surface area contributed by atoms with Crippen molar-refractivity contribution in [2.24, 2.45) is 0 Å². The lowest BCUT2D eigenvalue weighted by atomic mass is 10.1. The van der Waals surface area contributed by atoms with E-state index in [2.05, 4.69) is 15.6 Å². The first kappa shape index (κ1) is 15.7. The lowest BCUT2D eigenvalue weighted by Crippen LogP contribution is -2.20. The van der Waals surface area contributed by atoms with E-state index in [4.69, 9.17) is 0 Å². The van der Waals surface area contributed by atoms with Gasteiger partial charge in [-0.25, -0.2) is 8.78 Å². The molecule has 0 bridgehead atoms. The Kier molecular flexibility index (Phi) is 4.24. The highest BCUT2D eigenvalue weighted by molar-refractivity contribution is 6.04. The molecular weight excluding hydrogens is 316 g/mol. The smallest absolute Gasteiger partial charge is 0.271 e. The van der Waals surface area contributed by atoms with Crippen LogP contribution in [0.15, 0.2) is 53.6 Å². The number of benzene rings is 1. The van der Waals surface area contributed by atoms with Crippen LogP contribution in [0.4, 0.5) is 14.5 Å². The summed E-state index contributed by atoms with van der Waals surface area (Å²) in [6.45, 7) is 0.648. The summed E-state index contributed by atoms with van der Waals surface area (Å²) in [6, 6.07) is 3.97. The highest BCUT2D eigenvalue weighted by Crippen LogP contribution is 2.18. The number of carbonyl (C=O) groups excluding carboxylic acids is 1. The van der Waals surface area contributed by atoms with Crippen molar-refractivity contribution in [3.05, 3.63) is 81.9 Å². The predicted molar refractivity (Wildman–Crippen MR) is 86.5 cm³/mol. The summed E-state index contributed by atoms with van der Waals surface area (Å²) in [5, 5.41) is 5.38. The average Bonchev–Trinajstić information content (AvgIpc) is 2.56. The Balaban J connectivity index is 1.89. The Morgan fingerprint density at radius 2 is 1.88 bits per heavy atom. The van der Waals surface area contributed by atoms with Gasteiger partial charge in [-0.3, -0.25) is 9.59 Å². The third-order valence-corrected chi connectivity index (χ3v) is 3.43. The number of dihydropyridines is 1. The fourth-order valence-corrected chi connectivity index (χ4v) is 2.29. The number of rotatable bonds is 3. The minimum atomic E-state index is -0.868. The maximum atomic E-state index is 13.2. The second kappa shape index (κ2) is 6.49. The molecule has 122 valence electrons. The molecule has 1 aliphatic rings. The van der Waals surface area contributed by atoms with Gasteiger partial charge in [0.15, 0.2) is 0 Å². The fraction of sp³-hybridized carbons (Fsp3) is 0.0588. The number of pyridine rings is 1. The lowest BCUT2D eigenvalue weighted by molar-refractivity contribution is 0.102. The van der Waals surface area contributed by atoms with Crippen LogP contribution in [-0.4, -0.2) is 17.4 Å². The molecule has 3 N–H and O–H groups in total. The molecule has 0 unspecified atom stereocenters. The van der Waals surface area contributed by atoms with Crippen LogP contribution in [-0.2, 0) is 0 Å². The molecule has 24 heavy (non-hydrogen) atoms. The molecule has 1 aliphatic heterocycles. The van der Waals surface area contributed by atoms with Crippen LogP contribution in [0.25, 0.3) is 5.57 Å². The van der Waals surface area contributed by atoms with Crippen LogP contribution in [0.2, 0.25) is 0 Å². The zero-order valence-electron chi connectivity index (χ0n) is 12.4. The van der Waals surface area contributed by atoms with Crippen LogP contribution in [0, 0.1) is 11.6 Å². The average molecular weight is 329 g/mol. The molecule has 7 heteroatoms. The molecule has 0 spiro atoms. The maximum Gasteiger partial charge on any atom is 0.271 e. The zero-order valence-corrected chi connectivity index (χ0v) is 12.4. The predicted octanol–water partition coefficient (Wildman–Crippen LogP) is 2.41. The van der Waals surface area contributed by atoms with Gasteiger partial charge >= 0.3 is 0 Å². The molecule has 0 saturated carbocycles. The van der Waals surface area contributed by atoms with Gasteiger partial charge in [0.25, 0.3) is 11.5 Å². The molecule has 0 fully saturated rings. The van der Waals surface area contributed by atoms with Gasteiger partial charge in [0, 0.05) is 24.4 Å². The molecule has 1 aromatic carbocycles. The Labute approximate surface area is 135 Å². The first-order valence-corrected chi connectivity index (χ1v) is 7.13. The van der Waals surface area contributed by atoms with Crippen molar-refractivity contribution in [2.45, 2.75) is 0 Å². The lowest BCUT2D eigenvalue weighted by Gasteiger charge is -2.10. The Hall–Kier alpha value is -3.22. The maximum absolute atomic E-state index is 13.2. The number of anilines is 1. The minimum Gasteiger partial charge on any atom is -0.387 e. The van der Waals surface area contributed by atoms with E-state index in [0.29, 0.717) is 18.2 Å². The Morgan fingerprint density at radius 1 is 1.12 bits per heavy atom. The van der Waals surface area contributed by atoms with Crippen LogP contribution in [0.5, 0.6) is 0 Å². The summed E-state index contributed by atoms with van der Waals surface area (Å²) in [5.74, 6) is -2.51. The van der Waals surface area contributed by atoms with E-state index in [0.717, 1.165) is 17.7 Å². The highest BCUT2D eigenvalue weighted by Gasteiger charge is 2.12.